The molecule has 0 spiro atoms. The maximum atomic E-state index is 8.92. The molecule has 0 aliphatic heterocycles. The first kappa shape index (κ1) is 9.26. The molecule has 0 aliphatic carbocycles. The second-order valence-electron chi connectivity index (χ2n) is 3.35. The third kappa shape index (κ3) is 1.67. The Hall–Kier alpha value is -0.830. The second kappa shape index (κ2) is 3.72. The lowest BCUT2D eigenvalue weighted by atomic mass is 9.94. The third-order valence-corrected chi connectivity index (χ3v) is 2.24. The van der Waals surface area contributed by atoms with Crippen molar-refractivity contribution in [3.8, 4) is 0 Å². The van der Waals surface area contributed by atoms with Crippen LogP contribution in [0.2, 0.25) is 0 Å². The molecule has 3 nitrogen and oxygen atoms in total. The van der Waals surface area contributed by atoms with Crippen LogP contribution in [0.4, 0.5) is 0 Å². The maximum absolute atomic E-state index is 8.92. The van der Waals surface area contributed by atoms with Crippen molar-refractivity contribution < 1.29 is 9.52 Å². The van der Waals surface area contributed by atoms with Crippen molar-refractivity contribution in [1.29, 1.82) is 0 Å². The third-order valence-electron chi connectivity index (χ3n) is 2.24. The van der Waals surface area contributed by atoms with E-state index in [-0.39, 0.29) is 6.61 Å². The van der Waals surface area contributed by atoms with Crippen LogP contribution in [0.15, 0.2) is 10.8 Å². The van der Waals surface area contributed by atoms with E-state index in [9.17, 15) is 0 Å². The Labute approximate surface area is 72.4 Å². The Bertz CT molecular complexity index is 242. The number of hydrogen-bond donors (Lipinski definition) is 1. The monoisotopic (exact) mass is 169 g/mol. The highest BCUT2D eigenvalue weighted by Gasteiger charge is 2.17. The van der Waals surface area contributed by atoms with Gasteiger partial charge in [-0.05, 0) is 5.92 Å². The van der Waals surface area contributed by atoms with Gasteiger partial charge >= 0.3 is 0 Å². The van der Waals surface area contributed by atoms with E-state index >= 15 is 0 Å². The molecule has 1 unspecified atom stereocenters. The fourth-order valence-electron chi connectivity index (χ4n) is 1.07. The lowest BCUT2D eigenvalue weighted by Crippen LogP contribution is -2.03. The van der Waals surface area contributed by atoms with Crippen LogP contribution in [-0.4, -0.2) is 10.1 Å². The van der Waals surface area contributed by atoms with Crippen LogP contribution in [0.5, 0.6) is 0 Å². The molecule has 12 heavy (non-hydrogen) atoms. The van der Waals surface area contributed by atoms with E-state index in [1.807, 2.05) is 0 Å². The van der Waals surface area contributed by atoms with Crippen molar-refractivity contribution in [3.63, 3.8) is 0 Å². The summed E-state index contributed by atoms with van der Waals surface area (Å²) in [4.78, 5) is 3.92. The van der Waals surface area contributed by atoms with E-state index in [1.165, 1.54) is 6.39 Å². The van der Waals surface area contributed by atoms with Gasteiger partial charge < -0.3 is 9.52 Å². The quantitative estimate of drug-likeness (QED) is 0.752. The number of hydrogen-bond acceptors (Lipinski definition) is 3. The van der Waals surface area contributed by atoms with E-state index < -0.39 is 0 Å². The van der Waals surface area contributed by atoms with Gasteiger partial charge in [0.1, 0.15) is 11.5 Å². The SMILES string of the molecule is CC(C)C(C)c1ocnc1CO. The minimum atomic E-state index is -0.0388. The van der Waals surface area contributed by atoms with Crippen LogP contribution in [0.3, 0.4) is 0 Å². The van der Waals surface area contributed by atoms with Crippen LogP contribution in [-0.2, 0) is 6.61 Å². The summed E-state index contributed by atoms with van der Waals surface area (Å²) in [7, 11) is 0. The van der Waals surface area contributed by atoms with Crippen LogP contribution < -0.4 is 0 Å². The minimum Gasteiger partial charge on any atom is -0.448 e. The van der Waals surface area contributed by atoms with Gasteiger partial charge in [0.05, 0.1) is 6.61 Å². The first-order chi connectivity index (χ1) is 5.66. The number of aromatic nitrogens is 1. The molecule has 0 aliphatic rings. The van der Waals surface area contributed by atoms with Gasteiger partial charge in [-0.2, -0.15) is 0 Å². The van der Waals surface area contributed by atoms with Crippen molar-refractivity contribution in [2.75, 3.05) is 0 Å². The predicted molar refractivity (Wildman–Crippen MR) is 45.7 cm³/mol. The van der Waals surface area contributed by atoms with Gasteiger partial charge in [0.15, 0.2) is 6.39 Å². The van der Waals surface area contributed by atoms with E-state index in [4.69, 9.17) is 9.52 Å². The molecule has 1 heterocycles. The summed E-state index contributed by atoms with van der Waals surface area (Å²) < 4.78 is 5.21. The molecule has 68 valence electrons. The average molecular weight is 169 g/mol. The Kier molecular flexibility index (Phi) is 2.87. The van der Waals surface area contributed by atoms with Gasteiger partial charge in [-0.3, -0.25) is 0 Å². The summed E-state index contributed by atoms with van der Waals surface area (Å²) in [5.74, 6) is 1.63. The van der Waals surface area contributed by atoms with Gasteiger partial charge in [0.2, 0.25) is 0 Å². The summed E-state index contributed by atoms with van der Waals surface area (Å²) in [6.45, 7) is 6.27. The molecule has 0 saturated carbocycles. The van der Waals surface area contributed by atoms with Crippen LogP contribution in [0.1, 0.15) is 38.1 Å². The first-order valence-electron chi connectivity index (χ1n) is 4.20. The van der Waals surface area contributed by atoms with Crippen molar-refractivity contribution in [2.45, 2.75) is 33.3 Å². The number of oxazole rings is 1. The van der Waals surface area contributed by atoms with E-state index in [0.29, 0.717) is 17.5 Å². The fourth-order valence-corrected chi connectivity index (χ4v) is 1.07. The minimum absolute atomic E-state index is 0.0388. The fraction of sp³-hybridized carbons (Fsp3) is 0.667. The van der Waals surface area contributed by atoms with Crippen molar-refractivity contribution in [1.82, 2.24) is 4.98 Å². The molecule has 1 atom stereocenters. The van der Waals surface area contributed by atoms with Crippen molar-refractivity contribution in [2.24, 2.45) is 5.92 Å². The van der Waals surface area contributed by atoms with Crippen molar-refractivity contribution in [3.05, 3.63) is 17.8 Å². The Balaban J connectivity index is 2.86. The molecule has 1 aromatic heterocycles. The Morgan fingerprint density at radius 2 is 2.17 bits per heavy atom. The molecular weight excluding hydrogens is 154 g/mol. The van der Waals surface area contributed by atoms with Crippen LogP contribution in [0, 0.1) is 5.92 Å². The molecule has 0 saturated heterocycles. The second-order valence-corrected chi connectivity index (χ2v) is 3.35. The molecule has 1 aromatic rings. The van der Waals surface area contributed by atoms with E-state index in [2.05, 4.69) is 25.8 Å². The summed E-state index contributed by atoms with van der Waals surface area (Å²) in [5, 5.41) is 8.92. The number of nitrogens with zero attached hydrogens (tertiary/aromatic N) is 1. The largest absolute Gasteiger partial charge is 0.448 e. The molecule has 0 bridgehead atoms. The number of aliphatic hydroxyl groups is 1. The summed E-state index contributed by atoms with van der Waals surface area (Å²) in [5.41, 5.74) is 0.663. The summed E-state index contributed by atoms with van der Waals surface area (Å²) in [6.07, 6.45) is 1.39. The standard InChI is InChI=1S/C9H15NO2/c1-6(2)7(3)9-8(4-11)10-5-12-9/h5-7,11H,4H2,1-3H3. The molecular formula is C9H15NO2. The molecule has 1 N–H and O–H groups in total. The number of aliphatic hydroxyl groups excluding tert-OH is 1. The molecule has 3 heteroatoms. The lowest BCUT2D eigenvalue weighted by Gasteiger charge is -2.12. The predicted octanol–water partition coefficient (Wildman–Crippen LogP) is 1.93. The first-order valence-corrected chi connectivity index (χ1v) is 4.20. The lowest BCUT2D eigenvalue weighted by molar-refractivity contribution is 0.271. The highest BCUT2D eigenvalue weighted by molar-refractivity contribution is 5.11. The van der Waals surface area contributed by atoms with Gasteiger partial charge in [-0.15, -0.1) is 0 Å². The van der Waals surface area contributed by atoms with Crippen LogP contribution >= 0.6 is 0 Å². The van der Waals surface area contributed by atoms with Gasteiger partial charge in [0.25, 0.3) is 0 Å². The molecule has 1 rings (SSSR count). The molecule has 0 amide bonds. The van der Waals surface area contributed by atoms with Crippen molar-refractivity contribution >= 4 is 0 Å². The van der Waals surface area contributed by atoms with E-state index in [1.54, 1.807) is 0 Å². The van der Waals surface area contributed by atoms with Crippen LogP contribution in [0.25, 0.3) is 0 Å². The van der Waals surface area contributed by atoms with E-state index in [0.717, 1.165) is 5.76 Å². The Morgan fingerprint density at radius 3 is 2.67 bits per heavy atom. The zero-order valence-electron chi connectivity index (χ0n) is 7.74. The number of rotatable bonds is 3. The zero-order valence-corrected chi connectivity index (χ0v) is 7.74. The van der Waals surface area contributed by atoms with Gasteiger partial charge in [-0.1, -0.05) is 20.8 Å². The topological polar surface area (TPSA) is 46.3 Å². The molecule has 0 aromatic carbocycles. The molecule has 0 fully saturated rings. The highest BCUT2D eigenvalue weighted by atomic mass is 16.3. The van der Waals surface area contributed by atoms with Gasteiger partial charge in [-0.25, -0.2) is 4.98 Å². The average Bonchev–Trinajstić information content (AvgIpc) is 2.49. The molecule has 0 radical (unpaired) electrons. The Morgan fingerprint density at radius 1 is 1.50 bits per heavy atom. The summed E-state index contributed by atoms with van der Waals surface area (Å²) in [6, 6.07) is 0. The normalized spacial score (nSPS) is 13.8. The smallest absolute Gasteiger partial charge is 0.181 e. The van der Waals surface area contributed by atoms with Gasteiger partial charge in [0, 0.05) is 5.92 Å². The maximum Gasteiger partial charge on any atom is 0.181 e. The summed E-state index contributed by atoms with van der Waals surface area (Å²) >= 11 is 0. The zero-order chi connectivity index (χ0) is 9.14. The highest BCUT2D eigenvalue weighted by Crippen LogP contribution is 2.25.